The minimum absolute atomic E-state index is 0.247. The molecule has 2 amide bonds. The standard InChI is InChI=1S/C25H19N5O2S/c31-24(18-11-12-33-15-18)29-20-6-2-1-5-19(20)25(32)27-14-17-9-10-23(26-13-17)30-16-28-21-7-3-4-8-22(21)30/h1-13,15-16H,14H2,(H,27,32)(H,29,31). The molecule has 2 aromatic carbocycles. The van der Waals surface area contributed by atoms with Crippen LogP contribution in [0.3, 0.4) is 0 Å². The van der Waals surface area contributed by atoms with Gasteiger partial charge in [-0.05, 0) is 47.3 Å². The van der Waals surface area contributed by atoms with Crippen molar-refractivity contribution in [3.63, 3.8) is 0 Å². The van der Waals surface area contributed by atoms with Crippen molar-refractivity contribution in [3.8, 4) is 5.82 Å². The summed E-state index contributed by atoms with van der Waals surface area (Å²) in [6, 6.07) is 20.4. The van der Waals surface area contributed by atoms with Gasteiger partial charge in [0.05, 0.1) is 27.8 Å². The largest absolute Gasteiger partial charge is 0.348 e. The molecule has 0 unspecified atom stereocenters. The number of hydrogen-bond acceptors (Lipinski definition) is 5. The van der Waals surface area contributed by atoms with Crippen LogP contribution in [0.5, 0.6) is 0 Å². The number of carbonyl (C=O) groups excluding carboxylic acids is 2. The summed E-state index contributed by atoms with van der Waals surface area (Å²) in [4.78, 5) is 34.1. The van der Waals surface area contributed by atoms with E-state index in [0.717, 1.165) is 22.4 Å². The molecule has 0 aliphatic rings. The molecule has 3 heterocycles. The predicted molar refractivity (Wildman–Crippen MR) is 129 cm³/mol. The first-order chi connectivity index (χ1) is 16.2. The summed E-state index contributed by atoms with van der Waals surface area (Å²) in [7, 11) is 0. The van der Waals surface area contributed by atoms with Crippen LogP contribution in [0.15, 0.2) is 90.0 Å². The van der Waals surface area contributed by atoms with E-state index in [1.165, 1.54) is 11.3 Å². The number of aromatic nitrogens is 3. The number of nitrogens with one attached hydrogen (secondary N) is 2. The SMILES string of the molecule is O=C(Nc1ccccc1C(=O)NCc1ccc(-n2cnc3ccccc32)nc1)c1ccsc1. The summed E-state index contributed by atoms with van der Waals surface area (Å²) in [5.74, 6) is 0.226. The van der Waals surface area contributed by atoms with Gasteiger partial charge in [0.25, 0.3) is 11.8 Å². The second kappa shape index (κ2) is 9.05. The Balaban J connectivity index is 1.26. The molecule has 0 aliphatic heterocycles. The van der Waals surface area contributed by atoms with Crippen LogP contribution < -0.4 is 10.6 Å². The van der Waals surface area contributed by atoms with Crippen molar-refractivity contribution in [1.82, 2.24) is 19.9 Å². The van der Waals surface area contributed by atoms with Gasteiger partial charge in [-0.1, -0.05) is 30.3 Å². The van der Waals surface area contributed by atoms with E-state index in [9.17, 15) is 9.59 Å². The zero-order chi connectivity index (χ0) is 22.6. The van der Waals surface area contributed by atoms with Gasteiger partial charge in [-0.25, -0.2) is 9.97 Å². The maximum atomic E-state index is 12.8. The molecule has 0 atom stereocenters. The maximum Gasteiger partial charge on any atom is 0.256 e. The third-order valence-corrected chi connectivity index (χ3v) is 5.85. The van der Waals surface area contributed by atoms with Gasteiger partial charge in [0.1, 0.15) is 12.1 Å². The Morgan fingerprint density at radius 3 is 2.58 bits per heavy atom. The van der Waals surface area contributed by atoms with E-state index in [0.29, 0.717) is 23.4 Å². The van der Waals surface area contributed by atoms with Crippen LogP contribution in [0.2, 0.25) is 0 Å². The second-order valence-corrected chi connectivity index (χ2v) is 8.10. The summed E-state index contributed by atoms with van der Waals surface area (Å²) in [6.07, 6.45) is 3.48. The average Bonchev–Trinajstić information content (AvgIpc) is 3.54. The Kier molecular flexibility index (Phi) is 5.65. The first kappa shape index (κ1) is 20.6. The van der Waals surface area contributed by atoms with E-state index in [1.54, 1.807) is 48.2 Å². The molecule has 0 fully saturated rings. The van der Waals surface area contributed by atoms with Crippen LogP contribution in [0, 0.1) is 0 Å². The van der Waals surface area contributed by atoms with Gasteiger partial charge in [-0.2, -0.15) is 11.3 Å². The number of thiophene rings is 1. The first-order valence-corrected chi connectivity index (χ1v) is 11.2. The predicted octanol–water partition coefficient (Wildman–Crippen LogP) is 4.66. The highest BCUT2D eigenvalue weighted by Gasteiger charge is 2.14. The highest BCUT2D eigenvalue weighted by Crippen LogP contribution is 2.18. The molecule has 0 spiro atoms. The van der Waals surface area contributed by atoms with Crippen LogP contribution in [0.1, 0.15) is 26.3 Å². The lowest BCUT2D eigenvalue weighted by molar-refractivity contribution is 0.0951. The smallest absolute Gasteiger partial charge is 0.256 e. The molecule has 8 heteroatoms. The summed E-state index contributed by atoms with van der Waals surface area (Å²) < 4.78 is 1.92. The Morgan fingerprint density at radius 2 is 1.76 bits per heavy atom. The summed E-state index contributed by atoms with van der Waals surface area (Å²) in [5, 5.41) is 9.32. The molecule has 0 aliphatic carbocycles. The normalized spacial score (nSPS) is 10.8. The van der Waals surface area contributed by atoms with E-state index < -0.39 is 0 Å². The fourth-order valence-corrected chi connectivity index (χ4v) is 4.10. The van der Waals surface area contributed by atoms with Crippen molar-refractivity contribution in [2.45, 2.75) is 6.54 Å². The van der Waals surface area contributed by atoms with Crippen molar-refractivity contribution in [3.05, 3.63) is 107 Å². The Morgan fingerprint density at radius 1 is 0.909 bits per heavy atom. The quantitative estimate of drug-likeness (QED) is 0.391. The average molecular weight is 454 g/mol. The van der Waals surface area contributed by atoms with Gasteiger partial charge in [-0.15, -0.1) is 0 Å². The molecule has 0 bridgehead atoms. The summed E-state index contributed by atoms with van der Waals surface area (Å²) >= 11 is 1.44. The lowest BCUT2D eigenvalue weighted by atomic mass is 10.1. The van der Waals surface area contributed by atoms with Crippen molar-refractivity contribution >= 4 is 39.9 Å². The molecule has 0 saturated carbocycles. The van der Waals surface area contributed by atoms with Gasteiger partial charge in [-0.3, -0.25) is 14.2 Å². The lowest BCUT2D eigenvalue weighted by Gasteiger charge is -2.11. The van der Waals surface area contributed by atoms with E-state index >= 15 is 0 Å². The molecule has 0 saturated heterocycles. The zero-order valence-electron chi connectivity index (χ0n) is 17.4. The van der Waals surface area contributed by atoms with Crippen molar-refractivity contribution in [2.75, 3.05) is 5.32 Å². The number of fused-ring (bicyclic) bond motifs is 1. The van der Waals surface area contributed by atoms with E-state index in [-0.39, 0.29) is 11.8 Å². The van der Waals surface area contributed by atoms with Crippen LogP contribution in [-0.2, 0) is 6.54 Å². The van der Waals surface area contributed by atoms with Gasteiger partial charge in [0.2, 0.25) is 0 Å². The minimum atomic E-state index is -0.277. The van der Waals surface area contributed by atoms with Crippen LogP contribution >= 0.6 is 11.3 Å². The molecule has 33 heavy (non-hydrogen) atoms. The molecule has 0 radical (unpaired) electrons. The Hall–Kier alpha value is -4.30. The number of pyridine rings is 1. The van der Waals surface area contributed by atoms with Gasteiger partial charge in [0, 0.05) is 18.1 Å². The fraction of sp³-hybridized carbons (Fsp3) is 0.0400. The Bertz CT molecular complexity index is 1430. The van der Waals surface area contributed by atoms with E-state index in [1.807, 2.05) is 46.3 Å². The van der Waals surface area contributed by atoms with E-state index in [4.69, 9.17) is 0 Å². The Labute approximate surface area is 193 Å². The molecule has 7 nitrogen and oxygen atoms in total. The van der Waals surface area contributed by atoms with Crippen molar-refractivity contribution in [1.29, 1.82) is 0 Å². The van der Waals surface area contributed by atoms with Crippen molar-refractivity contribution in [2.24, 2.45) is 0 Å². The fourth-order valence-electron chi connectivity index (χ4n) is 3.46. The van der Waals surface area contributed by atoms with Crippen LogP contribution in [0.25, 0.3) is 16.9 Å². The highest BCUT2D eigenvalue weighted by molar-refractivity contribution is 7.08. The third-order valence-electron chi connectivity index (χ3n) is 5.17. The zero-order valence-corrected chi connectivity index (χ0v) is 18.3. The molecular formula is C25H19N5O2S. The third kappa shape index (κ3) is 4.37. The van der Waals surface area contributed by atoms with Gasteiger partial charge in [0.15, 0.2) is 0 Å². The first-order valence-electron chi connectivity index (χ1n) is 10.3. The summed E-state index contributed by atoms with van der Waals surface area (Å²) in [6.45, 7) is 0.309. The summed E-state index contributed by atoms with van der Waals surface area (Å²) in [5.41, 5.74) is 4.16. The van der Waals surface area contributed by atoms with E-state index in [2.05, 4.69) is 20.6 Å². The number of nitrogens with zero attached hydrogens (tertiary/aromatic N) is 3. The maximum absolute atomic E-state index is 12.8. The highest BCUT2D eigenvalue weighted by atomic mass is 32.1. The molecule has 5 rings (SSSR count). The van der Waals surface area contributed by atoms with Crippen LogP contribution in [-0.4, -0.2) is 26.3 Å². The second-order valence-electron chi connectivity index (χ2n) is 7.32. The number of rotatable bonds is 6. The number of benzene rings is 2. The number of hydrogen-bond donors (Lipinski definition) is 2. The number of anilines is 1. The van der Waals surface area contributed by atoms with Crippen molar-refractivity contribution < 1.29 is 9.59 Å². The van der Waals surface area contributed by atoms with Gasteiger partial charge >= 0.3 is 0 Å². The van der Waals surface area contributed by atoms with Crippen LogP contribution in [0.4, 0.5) is 5.69 Å². The number of imidazole rings is 1. The monoisotopic (exact) mass is 453 g/mol. The number of para-hydroxylation sites is 3. The number of amides is 2. The lowest BCUT2D eigenvalue weighted by Crippen LogP contribution is -2.25. The number of carbonyl (C=O) groups is 2. The molecule has 2 N–H and O–H groups in total. The molecule has 162 valence electrons. The molecule has 3 aromatic heterocycles. The molecular weight excluding hydrogens is 434 g/mol. The minimum Gasteiger partial charge on any atom is -0.348 e. The molecule has 5 aromatic rings. The topological polar surface area (TPSA) is 88.9 Å². The van der Waals surface area contributed by atoms with Gasteiger partial charge < -0.3 is 10.6 Å².